The average Bonchev–Trinajstić information content (AvgIpc) is 2.68. The molecule has 5 nitrogen and oxygen atoms in total. The molecule has 0 spiro atoms. The Morgan fingerprint density at radius 1 is 1.00 bits per heavy atom. The van der Waals surface area contributed by atoms with Gasteiger partial charge >= 0.3 is 6.03 Å². The fourth-order valence-electron chi connectivity index (χ4n) is 2.86. The van der Waals surface area contributed by atoms with Crippen molar-refractivity contribution in [3.05, 3.63) is 53.8 Å². The van der Waals surface area contributed by atoms with E-state index in [1.54, 1.807) is 7.11 Å². The molecule has 0 saturated carbocycles. The van der Waals surface area contributed by atoms with Crippen LogP contribution in [-0.2, 0) is 0 Å². The van der Waals surface area contributed by atoms with Crippen molar-refractivity contribution < 1.29 is 22.7 Å². The summed E-state index contributed by atoms with van der Waals surface area (Å²) in [5, 5.41) is 2.29. The van der Waals surface area contributed by atoms with Crippen LogP contribution in [-0.4, -0.2) is 44.2 Å². The molecule has 8 heteroatoms. The second-order valence-corrected chi connectivity index (χ2v) is 5.80. The zero-order valence-electron chi connectivity index (χ0n) is 14.1. The minimum Gasteiger partial charge on any atom is -0.495 e. The largest absolute Gasteiger partial charge is 0.495 e. The molecule has 26 heavy (non-hydrogen) atoms. The van der Waals surface area contributed by atoms with Crippen LogP contribution >= 0.6 is 0 Å². The number of carbonyl (C=O) groups excluding carboxylic acids is 1. The number of rotatable bonds is 3. The first-order valence-corrected chi connectivity index (χ1v) is 8.08. The molecule has 1 aliphatic heterocycles. The zero-order chi connectivity index (χ0) is 18.7. The van der Waals surface area contributed by atoms with Crippen molar-refractivity contribution in [1.29, 1.82) is 0 Å². The van der Waals surface area contributed by atoms with Crippen molar-refractivity contribution in [3.63, 3.8) is 0 Å². The van der Waals surface area contributed by atoms with Crippen LogP contribution in [0, 0.1) is 17.5 Å². The number of nitrogens with one attached hydrogen (secondary N) is 1. The number of methoxy groups -OCH3 is 1. The smallest absolute Gasteiger partial charge is 0.322 e. The molecular weight excluding hydrogens is 347 g/mol. The van der Waals surface area contributed by atoms with Crippen LogP contribution in [0.3, 0.4) is 0 Å². The average molecular weight is 365 g/mol. The Balaban J connectivity index is 1.63. The molecule has 1 aliphatic rings. The molecule has 0 radical (unpaired) electrons. The van der Waals surface area contributed by atoms with Crippen molar-refractivity contribution in [3.8, 4) is 5.75 Å². The van der Waals surface area contributed by atoms with Gasteiger partial charge in [-0.25, -0.2) is 18.0 Å². The van der Waals surface area contributed by atoms with Gasteiger partial charge in [0.2, 0.25) is 0 Å². The maximum Gasteiger partial charge on any atom is 0.322 e. The molecule has 0 aliphatic carbocycles. The maximum atomic E-state index is 13.7. The van der Waals surface area contributed by atoms with Gasteiger partial charge in [-0.2, -0.15) is 0 Å². The highest BCUT2D eigenvalue weighted by Crippen LogP contribution is 2.28. The molecule has 1 N–H and O–H groups in total. The summed E-state index contributed by atoms with van der Waals surface area (Å²) in [6, 6.07) is 8.79. The molecule has 0 atom stereocenters. The van der Waals surface area contributed by atoms with E-state index in [1.807, 2.05) is 24.3 Å². The minimum atomic E-state index is -1.61. The molecule has 2 aromatic carbocycles. The number of urea groups is 1. The Morgan fingerprint density at radius 3 is 2.38 bits per heavy atom. The van der Waals surface area contributed by atoms with Crippen LogP contribution in [0.5, 0.6) is 5.75 Å². The minimum absolute atomic E-state index is 0.388. The van der Waals surface area contributed by atoms with E-state index in [-0.39, 0.29) is 5.69 Å². The standard InChI is InChI=1S/C18H18F3N3O2/c1-26-15-5-3-2-4-14(15)23-8-10-24(11-9-23)18(25)22-13-7-6-12(19)16(20)17(13)21/h2-7H,8-11H2,1H3,(H,22,25). The third-order valence-corrected chi connectivity index (χ3v) is 4.27. The fraction of sp³-hybridized carbons (Fsp3) is 0.278. The van der Waals surface area contributed by atoms with E-state index in [0.717, 1.165) is 23.6 Å². The molecule has 2 aromatic rings. The van der Waals surface area contributed by atoms with E-state index in [0.29, 0.717) is 26.2 Å². The van der Waals surface area contributed by atoms with Crippen molar-refractivity contribution >= 4 is 17.4 Å². The summed E-state index contributed by atoms with van der Waals surface area (Å²) in [5.41, 5.74) is 0.544. The number of hydrogen-bond donors (Lipinski definition) is 1. The third kappa shape index (κ3) is 3.54. The number of benzene rings is 2. The summed E-state index contributed by atoms with van der Waals surface area (Å²) in [4.78, 5) is 15.8. The predicted octanol–water partition coefficient (Wildman–Crippen LogP) is 3.47. The molecule has 3 rings (SSSR count). The fourth-order valence-corrected chi connectivity index (χ4v) is 2.86. The second-order valence-electron chi connectivity index (χ2n) is 5.80. The van der Waals surface area contributed by atoms with Crippen LogP contribution in [0.2, 0.25) is 0 Å². The van der Waals surface area contributed by atoms with Crippen LogP contribution in [0.25, 0.3) is 0 Å². The number of carbonyl (C=O) groups is 1. The zero-order valence-corrected chi connectivity index (χ0v) is 14.1. The highest BCUT2D eigenvalue weighted by Gasteiger charge is 2.24. The van der Waals surface area contributed by atoms with Gasteiger partial charge in [0.05, 0.1) is 18.5 Å². The predicted molar refractivity (Wildman–Crippen MR) is 92.1 cm³/mol. The van der Waals surface area contributed by atoms with Gasteiger partial charge in [0, 0.05) is 26.2 Å². The van der Waals surface area contributed by atoms with Gasteiger partial charge in [-0.3, -0.25) is 0 Å². The summed E-state index contributed by atoms with van der Waals surface area (Å²) in [7, 11) is 1.60. The number of anilines is 2. The first kappa shape index (κ1) is 17.9. The monoisotopic (exact) mass is 365 g/mol. The van der Waals surface area contributed by atoms with E-state index < -0.39 is 23.5 Å². The topological polar surface area (TPSA) is 44.8 Å². The van der Waals surface area contributed by atoms with Crippen LogP contribution in [0.4, 0.5) is 29.3 Å². The molecule has 1 heterocycles. The van der Waals surface area contributed by atoms with E-state index in [1.165, 1.54) is 4.90 Å². The Bertz CT molecular complexity index is 808. The molecule has 0 bridgehead atoms. The second kappa shape index (κ2) is 7.55. The summed E-state index contributed by atoms with van der Waals surface area (Å²) >= 11 is 0. The lowest BCUT2D eigenvalue weighted by Gasteiger charge is -2.36. The maximum absolute atomic E-state index is 13.7. The van der Waals surface area contributed by atoms with Gasteiger partial charge < -0.3 is 19.9 Å². The van der Waals surface area contributed by atoms with E-state index >= 15 is 0 Å². The normalized spacial score (nSPS) is 14.3. The highest BCUT2D eigenvalue weighted by atomic mass is 19.2. The van der Waals surface area contributed by atoms with Crippen molar-refractivity contribution in [2.45, 2.75) is 0 Å². The summed E-state index contributed by atoms with van der Waals surface area (Å²) < 4.78 is 45.3. The Kier molecular flexibility index (Phi) is 5.20. The van der Waals surface area contributed by atoms with Gasteiger partial charge in [0.25, 0.3) is 0 Å². The Morgan fingerprint density at radius 2 is 1.69 bits per heavy atom. The van der Waals surface area contributed by atoms with E-state index in [9.17, 15) is 18.0 Å². The summed E-state index contributed by atoms with van der Waals surface area (Å²) in [6.45, 7) is 1.92. The number of piperazine rings is 1. The SMILES string of the molecule is COc1ccccc1N1CCN(C(=O)Nc2ccc(F)c(F)c2F)CC1. The first-order chi connectivity index (χ1) is 12.5. The number of hydrogen-bond acceptors (Lipinski definition) is 3. The molecule has 0 aromatic heterocycles. The lowest BCUT2D eigenvalue weighted by atomic mass is 10.2. The number of nitrogens with zero attached hydrogens (tertiary/aromatic N) is 2. The first-order valence-electron chi connectivity index (χ1n) is 8.08. The lowest BCUT2D eigenvalue weighted by Crippen LogP contribution is -2.50. The highest BCUT2D eigenvalue weighted by molar-refractivity contribution is 5.89. The number of amides is 2. The number of para-hydroxylation sites is 2. The lowest BCUT2D eigenvalue weighted by molar-refractivity contribution is 0.208. The van der Waals surface area contributed by atoms with E-state index in [4.69, 9.17) is 4.74 Å². The van der Waals surface area contributed by atoms with Crippen molar-refractivity contribution in [2.75, 3.05) is 43.5 Å². The van der Waals surface area contributed by atoms with Crippen LogP contribution in [0.1, 0.15) is 0 Å². The third-order valence-electron chi connectivity index (χ3n) is 4.27. The van der Waals surface area contributed by atoms with E-state index in [2.05, 4.69) is 10.2 Å². The van der Waals surface area contributed by atoms with Gasteiger partial charge in [0.15, 0.2) is 17.5 Å². The van der Waals surface area contributed by atoms with Gasteiger partial charge in [-0.15, -0.1) is 0 Å². The van der Waals surface area contributed by atoms with Crippen LogP contribution < -0.4 is 15.0 Å². The molecule has 2 amide bonds. The molecule has 0 unspecified atom stereocenters. The van der Waals surface area contributed by atoms with Gasteiger partial charge in [0.1, 0.15) is 5.75 Å². The Hall–Kier alpha value is -2.90. The van der Waals surface area contributed by atoms with Crippen LogP contribution in [0.15, 0.2) is 36.4 Å². The summed E-state index contributed by atoms with van der Waals surface area (Å²) in [6.07, 6.45) is 0. The van der Waals surface area contributed by atoms with Crippen molar-refractivity contribution in [1.82, 2.24) is 4.90 Å². The van der Waals surface area contributed by atoms with Gasteiger partial charge in [-0.1, -0.05) is 12.1 Å². The number of halogens is 3. The summed E-state index contributed by atoms with van der Waals surface area (Å²) in [5.74, 6) is -3.57. The number of ether oxygens (including phenoxy) is 1. The molecule has 138 valence electrons. The molecule has 1 fully saturated rings. The quantitative estimate of drug-likeness (QED) is 0.848. The molecular formula is C18H18F3N3O2. The molecule has 1 saturated heterocycles. The van der Waals surface area contributed by atoms with Gasteiger partial charge in [-0.05, 0) is 24.3 Å². The van der Waals surface area contributed by atoms with Crippen molar-refractivity contribution in [2.24, 2.45) is 0 Å². The Labute approximate surface area is 149 Å².